The zero-order chi connectivity index (χ0) is 23.2. The van der Waals surface area contributed by atoms with Crippen LogP contribution in [0.3, 0.4) is 0 Å². The van der Waals surface area contributed by atoms with E-state index in [0.717, 1.165) is 33.2 Å². The lowest BCUT2D eigenvalue weighted by Gasteiger charge is -2.33. The highest BCUT2D eigenvalue weighted by Crippen LogP contribution is 2.35. The van der Waals surface area contributed by atoms with Gasteiger partial charge in [0.2, 0.25) is 0 Å². The predicted molar refractivity (Wildman–Crippen MR) is 125 cm³/mol. The number of hydrogen-bond donors (Lipinski definition) is 1. The van der Waals surface area contributed by atoms with Gasteiger partial charge in [-0.3, -0.25) is 0 Å². The molecule has 1 unspecified atom stereocenters. The summed E-state index contributed by atoms with van der Waals surface area (Å²) in [4.78, 5) is 6.45. The monoisotopic (exact) mass is 446 g/mol. The van der Waals surface area contributed by atoms with Crippen LogP contribution >= 0.6 is 0 Å². The fourth-order valence-electron chi connectivity index (χ4n) is 4.58. The summed E-state index contributed by atoms with van der Waals surface area (Å²) < 4.78 is 29.1. The Balaban J connectivity index is 1.56. The predicted octanol–water partition coefficient (Wildman–Crippen LogP) is 5.47. The number of nitrogens with zero attached hydrogens (tertiary/aromatic N) is 5. The van der Waals surface area contributed by atoms with Crippen LogP contribution in [0.2, 0.25) is 0 Å². The molecule has 1 aliphatic heterocycles. The highest BCUT2D eigenvalue weighted by Gasteiger charge is 2.34. The van der Waals surface area contributed by atoms with Crippen LogP contribution in [0.15, 0.2) is 48.8 Å². The van der Waals surface area contributed by atoms with Gasteiger partial charge in [0.15, 0.2) is 11.5 Å². The molecular formula is C25H24F2N6. The number of nitriles is 1. The van der Waals surface area contributed by atoms with Crippen LogP contribution < -0.4 is 10.2 Å². The maximum Gasteiger partial charge on any atom is 0.251 e. The maximum absolute atomic E-state index is 13.7. The molecule has 4 aromatic rings. The van der Waals surface area contributed by atoms with Crippen LogP contribution in [0.25, 0.3) is 16.4 Å². The van der Waals surface area contributed by atoms with Crippen molar-refractivity contribution in [1.29, 1.82) is 5.26 Å². The van der Waals surface area contributed by atoms with Crippen LogP contribution in [0.4, 0.5) is 20.3 Å². The van der Waals surface area contributed by atoms with Gasteiger partial charge in [0.05, 0.1) is 17.7 Å². The van der Waals surface area contributed by atoms with Gasteiger partial charge in [-0.25, -0.2) is 18.3 Å². The van der Waals surface area contributed by atoms with Crippen molar-refractivity contribution in [1.82, 2.24) is 14.6 Å². The molecule has 5 rings (SSSR count). The average Bonchev–Trinajstić information content (AvgIpc) is 3.27. The first-order valence-electron chi connectivity index (χ1n) is 11.0. The lowest BCUT2D eigenvalue weighted by atomic mass is 9.98. The number of halogens is 2. The minimum atomic E-state index is -2.59. The SMILES string of the molecule is Cc1c(C#N)cccc1C(C)Nc1nn2ccnc2c2ccc(N3CCC(F)(F)CC3)cc12. The Hall–Kier alpha value is -3.73. The van der Waals surface area contributed by atoms with Crippen molar-refractivity contribution < 1.29 is 8.78 Å². The van der Waals surface area contributed by atoms with Gasteiger partial charge < -0.3 is 10.2 Å². The molecule has 1 fully saturated rings. The molecule has 6 nitrogen and oxygen atoms in total. The van der Waals surface area contributed by atoms with Crippen LogP contribution in [0.5, 0.6) is 0 Å². The number of nitrogens with one attached hydrogen (secondary N) is 1. The van der Waals surface area contributed by atoms with Gasteiger partial charge in [-0.1, -0.05) is 12.1 Å². The Morgan fingerprint density at radius 2 is 1.94 bits per heavy atom. The summed E-state index contributed by atoms with van der Waals surface area (Å²) in [6, 6.07) is 13.8. The van der Waals surface area contributed by atoms with Crippen molar-refractivity contribution >= 4 is 27.9 Å². The van der Waals surface area contributed by atoms with Crippen LogP contribution in [-0.2, 0) is 0 Å². The zero-order valence-corrected chi connectivity index (χ0v) is 18.5. The van der Waals surface area contributed by atoms with E-state index >= 15 is 0 Å². The molecule has 3 heterocycles. The van der Waals surface area contributed by atoms with Crippen molar-refractivity contribution in [2.75, 3.05) is 23.3 Å². The average molecular weight is 447 g/mol. The second-order valence-corrected chi connectivity index (χ2v) is 8.61. The fourth-order valence-corrected chi connectivity index (χ4v) is 4.58. The summed E-state index contributed by atoms with van der Waals surface area (Å²) in [6.45, 7) is 4.61. The summed E-state index contributed by atoms with van der Waals surface area (Å²) in [6.07, 6.45) is 3.22. The van der Waals surface area contributed by atoms with E-state index in [0.29, 0.717) is 24.5 Å². The van der Waals surface area contributed by atoms with Crippen LogP contribution in [0.1, 0.15) is 42.5 Å². The number of fused-ring (bicyclic) bond motifs is 3. The Morgan fingerprint density at radius 3 is 2.70 bits per heavy atom. The first-order valence-corrected chi connectivity index (χ1v) is 11.0. The molecule has 168 valence electrons. The molecule has 2 aromatic heterocycles. The number of imidazole rings is 1. The quantitative estimate of drug-likeness (QED) is 0.450. The molecule has 8 heteroatoms. The number of alkyl halides is 2. The molecule has 1 saturated heterocycles. The fraction of sp³-hybridized carbons (Fsp3) is 0.320. The van der Waals surface area contributed by atoms with E-state index in [4.69, 9.17) is 5.10 Å². The Bertz CT molecular complexity index is 1380. The lowest BCUT2D eigenvalue weighted by molar-refractivity contribution is -0.0220. The number of piperidine rings is 1. The van der Waals surface area contributed by atoms with Gasteiger partial charge in [0.1, 0.15) is 0 Å². The summed E-state index contributed by atoms with van der Waals surface area (Å²) in [5, 5.41) is 19.5. The maximum atomic E-state index is 13.7. The van der Waals surface area contributed by atoms with Crippen molar-refractivity contribution in [3.8, 4) is 6.07 Å². The van der Waals surface area contributed by atoms with Crippen LogP contribution in [0, 0.1) is 18.3 Å². The summed E-state index contributed by atoms with van der Waals surface area (Å²) in [5.74, 6) is -1.91. The van der Waals surface area contributed by atoms with Gasteiger partial charge in [-0.15, -0.1) is 5.10 Å². The van der Waals surface area contributed by atoms with E-state index in [-0.39, 0.29) is 18.9 Å². The second-order valence-electron chi connectivity index (χ2n) is 8.61. The molecule has 0 saturated carbocycles. The second kappa shape index (κ2) is 8.00. The van der Waals surface area contributed by atoms with E-state index in [1.165, 1.54) is 0 Å². The van der Waals surface area contributed by atoms with Gasteiger partial charge >= 0.3 is 0 Å². The highest BCUT2D eigenvalue weighted by molar-refractivity contribution is 6.01. The minimum Gasteiger partial charge on any atom is -0.371 e. The molecule has 0 bridgehead atoms. The first-order chi connectivity index (χ1) is 15.9. The third-order valence-corrected chi connectivity index (χ3v) is 6.50. The molecule has 0 radical (unpaired) electrons. The number of aromatic nitrogens is 3. The van der Waals surface area contributed by atoms with Crippen molar-refractivity contribution in [3.05, 3.63) is 65.5 Å². The molecule has 1 aliphatic rings. The molecule has 33 heavy (non-hydrogen) atoms. The molecule has 0 aliphatic carbocycles. The summed E-state index contributed by atoms with van der Waals surface area (Å²) >= 11 is 0. The molecule has 2 aromatic carbocycles. The lowest BCUT2D eigenvalue weighted by Crippen LogP contribution is -2.39. The molecule has 0 amide bonds. The van der Waals surface area contributed by atoms with E-state index in [9.17, 15) is 14.0 Å². The van der Waals surface area contributed by atoms with E-state index < -0.39 is 5.92 Å². The Kier molecular flexibility index (Phi) is 5.12. The summed E-state index contributed by atoms with van der Waals surface area (Å²) in [5.41, 5.74) is 4.23. The van der Waals surface area contributed by atoms with Crippen LogP contribution in [-0.4, -0.2) is 33.6 Å². The number of hydrogen-bond acceptors (Lipinski definition) is 5. The largest absolute Gasteiger partial charge is 0.371 e. The summed E-state index contributed by atoms with van der Waals surface area (Å²) in [7, 11) is 0. The van der Waals surface area contributed by atoms with Crippen molar-refractivity contribution in [3.63, 3.8) is 0 Å². The first kappa shape index (κ1) is 21.1. The third kappa shape index (κ3) is 3.84. The number of benzene rings is 2. The molecular weight excluding hydrogens is 422 g/mol. The van der Waals surface area contributed by atoms with E-state index in [2.05, 4.69) is 16.4 Å². The highest BCUT2D eigenvalue weighted by atomic mass is 19.3. The zero-order valence-electron chi connectivity index (χ0n) is 18.5. The minimum absolute atomic E-state index is 0.104. The van der Waals surface area contributed by atoms with Gasteiger partial charge in [0, 0.05) is 54.8 Å². The topological polar surface area (TPSA) is 69.2 Å². The molecule has 1 N–H and O–H groups in total. The molecule has 1 atom stereocenters. The van der Waals surface area contributed by atoms with E-state index in [1.807, 2.05) is 55.1 Å². The Morgan fingerprint density at radius 1 is 1.15 bits per heavy atom. The standard InChI is InChI=1S/C25H24F2N6/c1-16-18(15-28)4-3-5-20(16)17(2)30-23-22-14-19(32-11-8-25(26,27)9-12-32)6-7-21(22)24-29-10-13-33(24)31-23/h3-7,10,13-14,17H,8-9,11-12H2,1-2H3,(H,30,31). The Labute approximate surface area is 190 Å². The molecule has 0 spiro atoms. The number of anilines is 2. The normalized spacial score (nSPS) is 16.6. The van der Waals surface area contributed by atoms with Crippen molar-refractivity contribution in [2.24, 2.45) is 0 Å². The van der Waals surface area contributed by atoms with Gasteiger partial charge in [-0.05, 0) is 49.2 Å². The smallest absolute Gasteiger partial charge is 0.251 e. The number of rotatable bonds is 4. The van der Waals surface area contributed by atoms with Gasteiger partial charge in [0.25, 0.3) is 5.92 Å². The van der Waals surface area contributed by atoms with Gasteiger partial charge in [-0.2, -0.15) is 5.26 Å². The third-order valence-electron chi connectivity index (χ3n) is 6.50. The van der Waals surface area contributed by atoms with E-state index in [1.54, 1.807) is 16.9 Å². The van der Waals surface area contributed by atoms with Crippen molar-refractivity contribution in [2.45, 2.75) is 38.7 Å².